The van der Waals surface area contributed by atoms with Gasteiger partial charge in [0.25, 0.3) is 0 Å². The van der Waals surface area contributed by atoms with Gasteiger partial charge in [-0.15, -0.1) is 0 Å². The molecule has 1 aromatic carbocycles. The summed E-state index contributed by atoms with van der Waals surface area (Å²) in [4.78, 5) is 14.2. The molecule has 1 aliphatic heterocycles. The highest BCUT2D eigenvalue weighted by Crippen LogP contribution is 2.20. The van der Waals surface area contributed by atoms with Gasteiger partial charge < -0.3 is 10.2 Å². The minimum absolute atomic E-state index is 0.129. The number of benzene rings is 1. The lowest BCUT2D eigenvalue weighted by atomic mass is 10.2. The summed E-state index contributed by atoms with van der Waals surface area (Å²) < 4.78 is 26.4. The van der Waals surface area contributed by atoms with Crippen LogP contribution in [0.5, 0.6) is 0 Å². The quantitative estimate of drug-likeness (QED) is 0.867. The van der Waals surface area contributed by atoms with Crippen molar-refractivity contribution in [1.82, 2.24) is 14.5 Å². The summed E-state index contributed by atoms with van der Waals surface area (Å²) in [6.07, 6.45) is 0. The van der Waals surface area contributed by atoms with Crippen LogP contribution in [0.25, 0.3) is 0 Å². The third kappa shape index (κ3) is 3.66. The number of sulfonamides is 1. The van der Waals surface area contributed by atoms with Crippen molar-refractivity contribution in [3.8, 4) is 0 Å². The van der Waals surface area contributed by atoms with Gasteiger partial charge in [-0.25, -0.2) is 8.42 Å². The summed E-state index contributed by atoms with van der Waals surface area (Å²) in [5.41, 5.74) is 1.71. The van der Waals surface area contributed by atoms with Gasteiger partial charge >= 0.3 is 0 Å². The first-order valence-corrected chi connectivity index (χ1v) is 8.78. The average molecular weight is 325 g/mol. The smallest absolute Gasteiger partial charge is 0.243 e. The van der Waals surface area contributed by atoms with Crippen LogP contribution in [-0.2, 0) is 14.8 Å². The van der Waals surface area contributed by atoms with Crippen LogP contribution in [0.4, 0.5) is 0 Å². The first-order chi connectivity index (χ1) is 10.3. The predicted molar refractivity (Wildman–Crippen MR) is 85.2 cm³/mol. The molecule has 6 nitrogen and oxygen atoms in total. The number of amides is 1. The molecular formula is C15H23N3O3S. The van der Waals surface area contributed by atoms with Crippen molar-refractivity contribution in [2.45, 2.75) is 18.7 Å². The minimum Gasteiger partial charge on any atom is -0.339 e. The molecule has 0 aliphatic carbocycles. The number of hydrogen-bond donors (Lipinski definition) is 1. The van der Waals surface area contributed by atoms with Crippen molar-refractivity contribution in [3.05, 3.63) is 29.3 Å². The largest absolute Gasteiger partial charge is 0.339 e. The van der Waals surface area contributed by atoms with Gasteiger partial charge in [-0.1, -0.05) is 17.7 Å². The maximum absolute atomic E-state index is 12.6. The summed E-state index contributed by atoms with van der Waals surface area (Å²) in [6.45, 7) is 6.30. The van der Waals surface area contributed by atoms with Gasteiger partial charge in [-0.05, 0) is 25.5 Å². The molecule has 1 N–H and O–H groups in total. The van der Waals surface area contributed by atoms with Gasteiger partial charge in [-0.2, -0.15) is 4.31 Å². The Morgan fingerprint density at radius 3 is 2.50 bits per heavy atom. The van der Waals surface area contributed by atoms with E-state index in [1.165, 1.54) is 7.05 Å². The monoisotopic (exact) mass is 325 g/mol. The van der Waals surface area contributed by atoms with E-state index in [0.29, 0.717) is 18.7 Å². The lowest BCUT2D eigenvalue weighted by Crippen LogP contribution is -2.49. The topological polar surface area (TPSA) is 69.7 Å². The van der Waals surface area contributed by atoms with Crippen LogP contribution in [0.2, 0.25) is 0 Å². The number of nitrogens with zero attached hydrogens (tertiary/aromatic N) is 2. The molecule has 0 unspecified atom stereocenters. The zero-order valence-corrected chi connectivity index (χ0v) is 14.1. The number of carbonyl (C=O) groups excluding carboxylic acids is 1. The van der Waals surface area contributed by atoms with Gasteiger partial charge in [-0.3, -0.25) is 4.79 Å². The SMILES string of the molecule is Cc1ccc(S(=O)(=O)N(C)CC(=O)N2CCNCC2)c(C)c1. The first kappa shape index (κ1) is 16.9. The van der Waals surface area contributed by atoms with Gasteiger partial charge in [0.2, 0.25) is 15.9 Å². The molecule has 0 atom stereocenters. The van der Waals surface area contributed by atoms with Gasteiger partial charge in [0, 0.05) is 33.2 Å². The Kier molecular flexibility index (Phi) is 5.20. The molecule has 1 aliphatic rings. The second-order valence-electron chi connectivity index (χ2n) is 5.66. The number of likely N-dealkylation sites (N-methyl/N-ethyl adjacent to an activating group) is 1. The molecule has 0 spiro atoms. The van der Waals surface area contributed by atoms with Crippen molar-refractivity contribution in [2.24, 2.45) is 0 Å². The number of carbonyl (C=O) groups is 1. The molecular weight excluding hydrogens is 302 g/mol. The third-order valence-electron chi connectivity index (χ3n) is 3.85. The van der Waals surface area contributed by atoms with Crippen molar-refractivity contribution in [3.63, 3.8) is 0 Å². The normalized spacial score (nSPS) is 16.1. The summed E-state index contributed by atoms with van der Waals surface area (Å²) in [5, 5.41) is 3.17. The Morgan fingerprint density at radius 2 is 1.91 bits per heavy atom. The molecule has 22 heavy (non-hydrogen) atoms. The molecule has 1 amide bonds. The predicted octanol–water partition coefficient (Wildman–Crippen LogP) is 0.356. The Bertz CT molecular complexity index is 652. The van der Waals surface area contributed by atoms with E-state index in [2.05, 4.69) is 5.32 Å². The van der Waals surface area contributed by atoms with E-state index in [9.17, 15) is 13.2 Å². The van der Waals surface area contributed by atoms with E-state index in [-0.39, 0.29) is 17.3 Å². The summed E-state index contributed by atoms with van der Waals surface area (Å²) in [6, 6.07) is 5.20. The van der Waals surface area contributed by atoms with Crippen LogP contribution >= 0.6 is 0 Å². The van der Waals surface area contributed by atoms with Crippen molar-refractivity contribution in [1.29, 1.82) is 0 Å². The minimum atomic E-state index is -3.65. The summed E-state index contributed by atoms with van der Waals surface area (Å²) in [5.74, 6) is -0.155. The lowest BCUT2D eigenvalue weighted by Gasteiger charge is -2.29. The molecule has 7 heteroatoms. The van der Waals surface area contributed by atoms with Crippen molar-refractivity contribution < 1.29 is 13.2 Å². The summed E-state index contributed by atoms with van der Waals surface area (Å²) in [7, 11) is -2.20. The Morgan fingerprint density at radius 1 is 1.27 bits per heavy atom. The van der Waals surface area contributed by atoms with Gasteiger partial charge in [0.15, 0.2) is 0 Å². The van der Waals surface area contributed by atoms with Crippen LogP contribution in [0.1, 0.15) is 11.1 Å². The number of hydrogen-bond acceptors (Lipinski definition) is 4. The highest BCUT2D eigenvalue weighted by Gasteiger charge is 2.26. The number of nitrogens with one attached hydrogen (secondary N) is 1. The number of rotatable bonds is 4. The maximum atomic E-state index is 12.6. The van der Waals surface area contributed by atoms with Crippen molar-refractivity contribution >= 4 is 15.9 Å². The second-order valence-corrected chi connectivity index (χ2v) is 7.67. The highest BCUT2D eigenvalue weighted by molar-refractivity contribution is 7.89. The molecule has 0 radical (unpaired) electrons. The Hall–Kier alpha value is -1.44. The van der Waals surface area contributed by atoms with Crippen LogP contribution in [-0.4, -0.2) is 63.3 Å². The van der Waals surface area contributed by atoms with Crippen LogP contribution in [0.3, 0.4) is 0 Å². The molecule has 1 saturated heterocycles. The van der Waals surface area contributed by atoms with E-state index in [0.717, 1.165) is 23.0 Å². The Balaban J connectivity index is 2.13. The van der Waals surface area contributed by atoms with E-state index in [4.69, 9.17) is 0 Å². The van der Waals surface area contributed by atoms with E-state index in [1.807, 2.05) is 13.0 Å². The van der Waals surface area contributed by atoms with Crippen LogP contribution < -0.4 is 5.32 Å². The number of piperazine rings is 1. The summed E-state index contributed by atoms with van der Waals surface area (Å²) >= 11 is 0. The van der Waals surface area contributed by atoms with E-state index < -0.39 is 10.0 Å². The van der Waals surface area contributed by atoms with Crippen LogP contribution in [0, 0.1) is 13.8 Å². The zero-order chi connectivity index (χ0) is 16.3. The first-order valence-electron chi connectivity index (χ1n) is 7.34. The Labute approximate surface area is 132 Å². The second kappa shape index (κ2) is 6.76. The van der Waals surface area contributed by atoms with Crippen LogP contribution in [0.15, 0.2) is 23.1 Å². The standard InChI is InChI=1S/C15H23N3O3S/c1-12-4-5-14(13(2)10-12)22(20,21)17(3)11-15(19)18-8-6-16-7-9-18/h4-5,10,16H,6-9,11H2,1-3H3. The fourth-order valence-electron chi connectivity index (χ4n) is 2.55. The zero-order valence-electron chi connectivity index (χ0n) is 13.3. The number of aryl methyl sites for hydroxylation is 2. The van der Waals surface area contributed by atoms with Gasteiger partial charge in [0.05, 0.1) is 11.4 Å². The maximum Gasteiger partial charge on any atom is 0.243 e. The average Bonchev–Trinajstić information content (AvgIpc) is 2.47. The molecule has 1 fully saturated rings. The molecule has 0 saturated carbocycles. The van der Waals surface area contributed by atoms with E-state index >= 15 is 0 Å². The van der Waals surface area contributed by atoms with Crippen molar-refractivity contribution in [2.75, 3.05) is 39.8 Å². The molecule has 2 rings (SSSR count). The molecule has 0 bridgehead atoms. The third-order valence-corrected chi connectivity index (χ3v) is 5.81. The fourth-order valence-corrected chi connectivity index (χ4v) is 3.87. The van der Waals surface area contributed by atoms with Gasteiger partial charge in [0.1, 0.15) is 0 Å². The molecule has 0 aromatic heterocycles. The molecule has 122 valence electrons. The molecule has 1 heterocycles. The molecule has 1 aromatic rings. The fraction of sp³-hybridized carbons (Fsp3) is 0.533. The lowest BCUT2D eigenvalue weighted by molar-refractivity contribution is -0.131. The highest BCUT2D eigenvalue weighted by atomic mass is 32.2. The van der Waals surface area contributed by atoms with E-state index in [1.54, 1.807) is 24.0 Å².